The Balaban J connectivity index is 2.26. The summed E-state index contributed by atoms with van der Waals surface area (Å²) in [4.78, 5) is 8.56. The lowest BCUT2D eigenvalue weighted by atomic mass is 10.2. The summed E-state index contributed by atoms with van der Waals surface area (Å²) in [5, 5.41) is 0. The highest BCUT2D eigenvalue weighted by atomic mass is 15.1. The molecule has 2 rings (SSSR count). The number of pyridine rings is 1. The van der Waals surface area contributed by atoms with Crippen molar-refractivity contribution in [3.05, 3.63) is 47.8 Å². The van der Waals surface area contributed by atoms with Gasteiger partial charge in [0.1, 0.15) is 5.82 Å². The number of rotatable bonds is 4. The minimum Gasteiger partial charge on any atom is -0.330 e. The lowest BCUT2D eigenvalue weighted by Gasteiger charge is -2.05. The highest BCUT2D eigenvalue weighted by Crippen LogP contribution is 2.12. The Bertz CT molecular complexity index is 473. The fourth-order valence-electron chi connectivity index (χ4n) is 1.80. The van der Waals surface area contributed by atoms with Gasteiger partial charge in [-0.3, -0.25) is 4.98 Å². The second kappa shape index (κ2) is 5.10. The predicted octanol–water partition coefficient (Wildman–Crippen LogP) is 1.91. The molecule has 0 spiro atoms. The molecule has 0 radical (unpaired) electrons. The van der Waals surface area contributed by atoms with E-state index in [0.29, 0.717) is 0 Å². The summed E-state index contributed by atoms with van der Waals surface area (Å²) in [7, 11) is 0. The monoisotopic (exact) mass is 230 g/mol. The summed E-state index contributed by atoms with van der Waals surface area (Å²) in [6.07, 6.45) is 6.58. The van der Waals surface area contributed by atoms with Crippen LogP contribution in [0.4, 0.5) is 0 Å². The van der Waals surface area contributed by atoms with E-state index >= 15 is 0 Å². The van der Waals surface area contributed by atoms with Crippen molar-refractivity contribution in [2.24, 2.45) is 5.73 Å². The second-order valence-electron chi connectivity index (χ2n) is 4.21. The van der Waals surface area contributed by atoms with Crippen LogP contribution in [0.2, 0.25) is 0 Å². The van der Waals surface area contributed by atoms with Crippen molar-refractivity contribution < 1.29 is 0 Å². The van der Waals surface area contributed by atoms with Crippen LogP contribution in [0.15, 0.2) is 30.7 Å². The molecule has 0 aromatic carbocycles. The molecule has 0 amide bonds. The Morgan fingerprint density at radius 1 is 1.35 bits per heavy atom. The average Bonchev–Trinajstić information content (AvgIpc) is 2.74. The topological polar surface area (TPSA) is 56.7 Å². The van der Waals surface area contributed by atoms with Crippen molar-refractivity contribution in [2.75, 3.05) is 0 Å². The molecule has 1 unspecified atom stereocenters. The van der Waals surface area contributed by atoms with Gasteiger partial charge in [0.2, 0.25) is 0 Å². The largest absolute Gasteiger partial charge is 0.330 e. The van der Waals surface area contributed by atoms with Crippen LogP contribution >= 0.6 is 0 Å². The molecule has 1 atom stereocenters. The summed E-state index contributed by atoms with van der Waals surface area (Å²) >= 11 is 0. The fourth-order valence-corrected chi connectivity index (χ4v) is 1.80. The molecule has 2 aromatic rings. The van der Waals surface area contributed by atoms with Crippen LogP contribution in [0.3, 0.4) is 0 Å². The van der Waals surface area contributed by atoms with Gasteiger partial charge in [-0.05, 0) is 24.6 Å². The van der Waals surface area contributed by atoms with Crippen LogP contribution in [0.5, 0.6) is 0 Å². The Morgan fingerprint density at radius 2 is 2.06 bits per heavy atom. The number of aromatic nitrogens is 3. The minimum atomic E-state index is -0.0148. The lowest BCUT2D eigenvalue weighted by molar-refractivity contribution is 0.731. The number of imidazole rings is 1. The zero-order chi connectivity index (χ0) is 12.3. The quantitative estimate of drug-likeness (QED) is 0.872. The first kappa shape index (κ1) is 11.8. The van der Waals surface area contributed by atoms with E-state index in [9.17, 15) is 0 Å². The molecule has 0 saturated carbocycles. The van der Waals surface area contributed by atoms with Gasteiger partial charge in [-0.25, -0.2) is 4.98 Å². The standard InChI is InChI=1S/C13H18N4/c1-3-13-16-12(10(2)14)9-17(13)8-11-4-6-15-7-5-11/h4-7,9-10H,3,8,14H2,1-2H3. The first-order valence-electron chi connectivity index (χ1n) is 5.91. The third-order valence-electron chi connectivity index (χ3n) is 2.76. The van der Waals surface area contributed by atoms with E-state index in [1.165, 1.54) is 5.56 Å². The molecule has 2 aromatic heterocycles. The van der Waals surface area contributed by atoms with Gasteiger partial charge in [-0.1, -0.05) is 6.92 Å². The Kier molecular flexibility index (Phi) is 3.54. The van der Waals surface area contributed by atoms with Gasteiger partial charge in [0.15, 0.2) is 0 Å². The third-order valence-corrected chi connectivity index (χ3v) is 2.76. The van der Waals surface area contributed by atoms with Crippen LogP contribution in [0, 0.1) is 0 Å². The molecule has 2 heterocycles. The Hall–Kier alpha value is -1.68. The van der Waals surface area contributed by atoms with Gasteiger partial charge < -0.3 is 10.3 Å². The molecule has 4 heteroatoms. The highest BCUT2D eigenvalue weighted by molar-refractivity contribution is 5.14. The van der Waals surface area contributed by atoms with Gasteiger partial charge in [0.25, 0.3) is 0 Å². The van der Waals surface area contributed by atoms with E-state index in [0.717, 1.165) is 24.5 Å². The zero-order valence-corrected chi connectivity index (χ0v) is 10.3. The molecule has 0 aliphatic heterocycles. The molecule has 0 saturated heterocycles. The maximum absolute atomic E-state index is 5.86. The zero-order valence-electron chi connectivity index (χ0n) is 10.3. The number of aryl methyl sites for hydroxylation is 1. The van der Waals surface area contributed by atoms with Crippen LogP contribution in [-0.4, -0.2) is 14.5 Å². The number of hydrogen-bond acceptors (Lipinski definition) is 3. The lowest BCUT2D eigenvalue weighted by Crippen LogP contribution is -2.05. The fraction of sp³-hybridized carbons (Fsp3) is 0.385. The smallest absolute Gasteiger partial charge is 0.109 e. The first-order chi connectivity index (χ1) is 8.20. The highest BCUT2D eigenvalue weighted by Gasteiger charge is 2.09. The average molecular weight is 230 g/mol. The van der Waals surface area contributed by atoms with E-state index in [1.807, 2.05) is 37.6 Å². The SMILES string of the molecule is CCc1nc(C(C)N)cn1Cc1ccncc1. The molecule has 0 fully saturated rings. The van der Waals surface area contributed by atoms with Gasteiger partial charge in [-0.15, -0.1) is 0 Å². The van der Waals surface area contributed by atoms with Gasteiger partial charge in [0, 0.05) is 37.6 Å². The second-order valence-corrected chi connectivity index (χ2v) is 4.21. The van der Waals surface area contributed by atoms with Crippen molar-refractivity contribution in [1.82, 2.24) is 14.5 Å². The molecule has 0 aliphatic rings. The van der Waals surface area contributed by atoms with E-state index < -0.39 is 0 Å². The summed E-state index contributed by atoms with van der Waals surface area (Å²) in [6.45, 7) is 4.89. The van der Waals surface area contributed by atoms with E-state index in [1.54, 1.807) is 0 Å². The van der Waals surface area contributed by atoms with Gasteiger partial charge in [-0.2, -0.15) is 0 Å². The number of nitrogens with two attached hydrogens (primary N) is 1. The first-order valence-corrected chi connectivity index (χ1v) is 5.91. The van der Waals surface area contributed by atoms with Crippen molar-refractivity contribution in [3.63, 3.8) is 0 Å². The van der Waals surface area contributed by atoms with Crippen molar-refractivity contribution in [3.8, 4) is 0 Å². The Morgan fingerprint density at radius 3 is 2.65 bits per heavy atom. The third kappa shape index (κ3) is 2.71. The van der Waals surface area contributed by atoms with Crippen molar-refractivity contribution in [2.45, 2.75) is 32.9 Å². The van der Waals surface area contributed by atoms with Crippen molar-refractivity contribution >= 4 is 0 Å². The van der Waals surface area contributed by atoms with Crippen LogP contribution in [-0.2, 0) is 13.0 Å². The molecule has 2 N–H and O–H groups in total. The van der Waals surface area contributed by atoms with Gasteiger partial charge >= 0.3 is 0 Å². The molecule has 17 heavy (non-hydrogen) atoms. The molecule has 90 valence electrons. The van der Waals surface area contributed by atoms with E-state index in [-0.39, 0.29) is 6.04 Å². The normalized spacial score (nSPS) is 12.6. The van der Waals surface area contributed by atoms with Crippen molar-refractivity contribution in [1.29, 1.82) is 0 Å². The van der Waals surface area contributed by atoms with Gasteiger partial charge in [0.05, 0.1) is 5.69 Å². The minimum absolute atomic E-state index is 0.0148. The number of nitrogens with zero attached hydrogens (tertiary/aromatic N) is 3. The molecular weight excluding hydrogens is 212 g/mol. The predicted molar refractivity (Wildman–Crippen MR) is 67.5 cm³/mol. The van der Waals surface area contributed by atoms with Crippen LogP contribution < -0.4 is 5.73 Å². The number of hydrogen-bond donors (Lipinski definition) is 1. The van der Waals surface area contributed by atoms with Crippen LogP contribution in [0.25, 0.3) is 0 Å². The Labute approximate surface area is 102 Å². The maximum Gasteiger partial charge on any atom is 0.109 e. The molecule has 0 aliphatic carbocycles. The van der Waals surface area contributed by atoms with Crippen LogP contribution in [0.1, 0.15) is 37.0 Å². The summed E-state index contributed by atoms with van der Waals surface area (Å²) in [5.74, 6) is 1.08. The molecule has 0 bridgehead atoms. The maximum atomic E-state index is 5.86. The summed E-state index contributed by atoms with van der Waals surface area (Å²) in [6, 6.07) is 4.02. The molecule has 4 nitrogen and oxygen atoms in total. The summed E-state index contributed by atoms with van der Waals surface area (Å²) < 4.78 is 2.16. The summed E-state index contributed by atoms with van der Waals surface area (Å²) in [5.41, 5.74) is 8.04. The van der Waals surface area contributed by atoms with E-state index in [2.05, 4.69) is 21.5 Å². The van der Waals surface area contributed by atoms with E-state index in [4.69, 9.17) is 5.73 Å². The molecular formula is C13H18N4.